The van der Waals surface area contributed by atoms with Crippen molar-refractivity contribution < 1.29 is 4.79 Å². The van der Waals surface area contributed by atoms with Crippen LogP contribution in [0.2, 0.25) is 0 Å². The first-order chi connectivity index (χ1) is 10.8. The molecule has 0 atom stereocenters. The SMILES string of the molecule is CCCNC(=O)c1cccn1-c1nnc(N2CCCCC2)s1. The van der Waals surface area contributed by atoms with Crippen molar-refractivity contribution in [1.29, 1.82) is 0 Å². The summed E-state index contributed by atoms with van der Waals surface area (Å²) in [6.07, 6.45) is 6.50. The van der Waals surface area contributed by atoms with Gasteiger partial charge < -0.3 is 10.2 Å². The molecule has 1 aliphatic rings. The maximum Gasteiger partial charge on any atom is 0.268 e. The Bertz CT molecular complexity index is 629. The van der Waals surface area contributed by atoms with Crippen LogP contribution in [0.15, 0.2) is 18.3 Å². The van der Waals surface area contributed by atoms with Crippen LogP contribution >= 0.6 is 11.3 Å². The monoisotopic (exact) mass is 319 g/mol. The lowest BCUT2D eigenvalue weighted by Gasteiger charge is -2.25. The van der Waals surface area contributed by atoms with Gasteiger partial charge in [0.25, 0.3) is 5.91 Å². The van der Waals surface area contributed by atoms with Crippen LogP contribution in [0.25, 0.3) is 5.13 Å². The molecule has 0 unspecified atom stereocenters. The summed E-state index contributed by atoms with van der Waals surface area (Å²) >= 11 is 1.54. The number of hydrogen-bond donors (Lipinski definition) is 1. The molecule has 22 heavy (non-hydrogen) atoms. The summed E-state index contributed by atoms with van der Waals surface area (Å²) in [5.41, 5.74) is 0.606. The number of carbonyl (C=O) groups excluding carboxylic acids is 1. The molecular weight excluding hydrogens is 298 g/mol. The molecule has 3 heterocycles. The molecule has 1 saturated heterocycles. The minimum Gasteiger partial charge on any atom is -0.351 e. The molecule has 1 N–H and O–H groups in total. The van der Waals surface area contributed by atoms with Crippen LogP contribution in [0, 0.1) is 0 Å². The van der Waals surface area contributed by atoms with Crippen molar-refractivity contribution in [3.05, 3.63) is 24.0 Å². The summed E-state index contributed by atoms with van der Waals surface area (Å²) in [7, 11) is 0. The number of amides is 1. The highest BCUT2D eigenvalue weighted by Crippen LogP contribution is 2.26. The first-order valence-corrected chi connectivity index (χ1v) is 8.65. The third-order valence-electron chi connectivity index (χ3n) is 3.75. The second-order valence-corrected chi connectivity index (χ2v) is 6.37. The van der Waals surface area contributed by atoms with Gasteiger partial charge in [-0.05, 0) is 37.8 Å². The van der Waals surface area contributed by atoms with E-state index in [1.165, 1.54) is 30.6 Å². The molecule has 0 spiro atoms. The smallest absolute Gasteiger partial charge is 0.268 e. The van der Waals surface area contributed by atoms with E-state index in [9.17, 15) is 4.79 Å². The summed E-state index contributed by atoms with van der Waals surface area (Å²) in [6.45, 7) is 4.81. The zero-order valence-electron chi connectivity index (χ0n) is 12.8. The molecule has 0 aromatic carbocycles. The van der Waals surface area contributed by atoms with Crippen molar-refractivity contribution in [2.45, 2.75) is 32.6 Å². The van der Waals surface area contributed by atoms with Crippen molar-refractivity contribution in [1.82, 2.24) is 20.1 Å². The average molecular weight is 319 g/mol. The molecule has 3 rings (SSSR count). The summed E-state index contributed by atoms with van der Waals surface area (Å²) in [5.74, 6) is -0.0680. The van der Waals surface area contributed by atoms with Crippen LogP contribution < -0.4 is 10.2 Å². The van der Waals surface area contributed by atoms with E-state index in [2.05, 4.69) is 20.4 Å². The number of hydrogen-bond acceptors (Lipinski definition) is 5. The van der Waals surface area contributed by atoms with Crippen molar-refractivity contribution in [3.8, 4) is 5.13 Å². The largest absolute Gasteiger partial charge is 0.351 e. The molecule has 2 aromatic rings. The van der Waals surface area contributed by atoms with E-state index in [4.69, 9.17) is 0 Å². The first-order valence-electron chi connectivity index (χ1n) is 7.84. The second-order valence-electron chi connectivity index (χ2n) is 5.43. The molecule has 1 aliphatic heterocycles. The number of piperidine rings is 1. The van der Waals surface area contributed by atoms with E-state index in [-0.39, 0.29) is 5.91 Å². The maximum absolute atomic E-state index is 12.2. The van der Waals surface area contributed by atoms with E-state index in [1.807, 2.05) is 29.8 Å². The van der Waals surface area contributed by atoms with Gasteiger partial charge in [-0.3, -0.25) is 9.36 Å². The van der Waals surface area contributed by atoms with E-state index in [0.717, 1.165) is 29.8 Å². The van der Waals surface area contributed by atoms with Crippen molar-refractivity contribution in [2.75, 3.05) is 24.5 Å². The van der Waals surface area contributed by atoms with Crippen LogP contribution in [0.5, 0.6) is 0 Å². The van der Waals surface area contributed by atoms with Crippen LogP contribution in [0.3, 0.4) is 0 Å². The lowest BCUT2D eigenvalue weighted by molar-refractivity contribution is 0.0947. The molecule has 1 fully saturated rings. The number of nitrogens with zero attached hydrogens (tertiary/aromatic N) is 4. The summed E-state index contributed by atoms with van der Waals surface area (Å²) < 4.78 is 1.82. The lowest BCUT2D eigenvalue weighted by Crippen LogP contribution is -2.29. The van der Waals surface area contributed by atoms with Gasteiger partial charge in [-0.15, -0.1) is 10.2 Å². The Balaban J connectivity index is 1.78. The number of carbonyl (C=O) groups is 1. The highest BCUT2D eigenvalue weighted by molar-refractivity contribution is 7.17. The van der Waals surface area contributed by atoms with Gasteiger partial charge in [-0.25, -0.2) is 0 Å². The standard InChI is InChI=1S/C15H21N5OS/c1-2-8-16-13(21)12-7-6-11-20(12)15-18-17-14(22-15)19-9-4-3-5-10-19/h6-7,11H,2-5,8-10H2,1H3,(H,16,21). The molecule has 0 saturated carbocycles. The molecule has 1 amide bonds. The Morgan fingerprint density at radius 2 is 2.05 bits per heavy atom. The topological polar surface area (TPSA) is 63.1 Å². The van der Waals surface area contributed by atoms with Gasteiger partial charge >= 0.3 is 0 Å². The van der Waals surface area contributed by atoms with Crippen LogP contribution in [-0.2, 0) is 0 Å². The highest BCUT2D eigenvalue weighted by atomic mass is 32.1. The quantitative estimate of drug-likeness (QED) is 0.919. The van der Waals surface area contributed by atoms with Crippen LogP contribution in [-0.4, -0.2) is 40.3 Å². The first kappa shape index (κ1) is 15.0. The minimum atomic E-state index is -0.0680. The van der Waals surface area contributed by atoms with Gasteiger partial charge in [-0.1, -0.05) is 18.3 Å². The minimum absolute atomic E-state index is 0.0680. The van der Waals surface area contributed by atoms with Gasteiger partial charge in [0.05, 0.1) is 0 Å². The van der Waals surface area contributed by atoms with Gasteiger partial charge in [-0.2, -0.15) is 0 Å². The number of anilines is 1. The fraction of sp³-hybridized carbons (Fsp3) is 0.533. The fourth-order valence-electron chi connectivity index (χ4n) is 2.58. The van der Waals surface area contributed by atoms with Gasteiger partial charge in [0.1, 0.15) is 5.69 Å². The molecule has 0 aliphatic carbocycles. The Morgan fingerprint density at radius 3 is 2.82 bits per heavy atom. The number of nitrogens with one attached hydrogen (secondary N) is 1. The zero-order chi connectivity index (χ0) is 15.4. The number of rotatable bonds is 5. The predicted molar refractivity (Wildman–Crippen MR) is 87.9 cm³/mol. The lowest BCUT2D eigenvalue weighted by atomic mass is 10.1. The summed E-state index contributed by atoms with van der Waals surface area (Å²) in [4.78, 5) is 14.5. The highest BCUT2D eigenvalue weighted by Gasteiger charge is 2.18. The number of aromatic nitrogens is 3. The second kappa shape index (κ2) is 6.91. The fourth-order valence-corrected chi connectivity index (χ4v) is 3.48. The average Bonchev–Trinajstić information content (AvgIpc) is 3.22. The molecular formula is C15H21N5OS. The third kappa shape index (κ3) is 3.14. The summed E-state index contributed by atoms with van der Waals surface area (Å²) in [5, 5.41) is 13.2. The molecule has 7 heteroatoms. The zero-order valence-corrected chi connectivity index (χ0v) is 13.6. The predicted octanol–water partition coefficient (Wildman–Crippen LogP) is 2.46. The molecule has 0 radical (unpaired) electrons. The van der Waals surface area contributed by atoms with Crippen molar-refractivity contribution in [3.63, 3.8) is 0 Å². The van der Waals surface area contributed by atoms with Gasteiger partial charge in [0.15, 0.2) is 0 Å². The van der Waals surface area contributed by atoms with E-state index in [1.54, 1.807) is 0 Å². The van der Waals surface area contributed by atoms with E-state index in [0.29, 0.717) is 12.2 Å². The Labute approximate surface area is 134 Å². The molecule has 118 valence electrons. The molecule has 6 nitrogen and oxygen atoms in total. The Kier molecular flexibility index (Phi) is 4.72. The van der Waals surface area contributed by atoms with E-state index >= 15 is 0 Å². The maximum atomic E-state index is 12.2. The molecule has 2 aromatic heterocycles. The summed E-state index contributed by atoms with van der Waals surface area (Å²) in [6, 6.07) is 3.68. The van der Waals surface area contributed by atoms with Crippen LogP contribution in [0.4, 0.5) is 5.13 Å². The van der Waals surface area contributed by atoms with E-state index < -0.39 is 0 Å². The van der Waals surface area contributed by atoms with Gasteiger partial charge in [0, 0.05) is 25.8 Å². The van der Waals surface area contributed by atoms with Gasteiger partial charge in [0.2, 0.25) is 10.3 Å². The Morgan fingerprint density at radius 1 is 1.27 bits per heavy atom. The Hall–Kier alpha value is -1.89. The van der Waals surface area contributed by atoms with Crippen molar-refractivity contribution in [2.24, 2.45) is 0 Å². The van der Waals surface area contributed by atoms with Crippen molar-refractivity contribution >= 4 is 22.4 Å². The van der Waals surface area contributed by atoms with Crippen LogP contribution in [0.1, 0.15) is 43.1 Å². The normalized spacial score (nSPS) is 15.0. The third-order valence-corrected chi connectivity index (χ3v) is 4.74. The molecule has 0 bridgehead atoms.